The molecule has 25 heavy (non-hydrogen) atoms. The lowest BCUT2D eigenvalue weighted by Gasteiger charge is -2.34. The largest absolute Gasteiger partial charge is 0.466 e. The number of carbonyl (C=O) groups excluding carboxylic acids is 2. The van der Waals surface area contributed by atoms with Crippen LogP contribution in [0, 0.1) is 0 Å². The number of anilines is 1. The third kappa shape index (κ3) is 3.54. The van der Waals surface area contributed by atoms with Gasteiger partial charge >= 0.3 is 11.9 Å². The third-order valence-corrected chi connectivity index (χ3v) is 4.81. The van der Waals surface area contributed by atoms with Crippen molar-refractivity contribution in [1.29, 1.82) is 0 Å². The summed E-state index contributed by atoms with van der Waals surface area (Å²) in [5.74, 6) is -0.961. The Morgan fingerprint density at radius 3 is 2.44 bits per heavy atom. The van der Waals surface area contributed by atoms with Gasteiger partial charge in [0.2, 0.25) is 5.60 Å². The molecule has 1 fully saturated rings. The minimum absolute atomic E-state index is 0.179. The first kappa shape index (κ1) is 17.5. The van der Waals surface area contributed by atoms with Gasteiger partial charge < -0.3 is 14.8 Å². The van der Waals surface area contributed by atoms with E-state index in [-0.39, 0.29) is 12.8 Å². The smallest absolute Gasteiger partial charge is 0.352 e. The molecule has 0 spiro atoms. The molecule has 1 aliphatic rings. The second-order valence-electron chi connectivity index (χ2n) is 5.85. The van der Waals surface area contributed by atoms with E-state index in [4.69, 9.17) is 9.47 Å². The van der Waals surface area contributed by atoms with E-state index in [0.29, 0.717) is 0 Å². The molecular weight excluding hydrogens is 386 g/mol. The Morgan fingerprint density at radius 2 is 1.88 bits per heavy atom. The Morgan fingerprint density at radius 1 is 1.20 bits per heavy atom. The molecule has 0 saturated carbocycles. The molecule has 1 saturated heterocycles. The van der Waals surface area contributed by atoms with Crippen LogP contribution in [0.3, 0.4) is 0 Å². The number of ether oxygens (including phenoxy) is 2. The van der Waals surface area contributed by atoms with Crippen LogP contribution >= 0.6 is 15.9 Å². The molecule has 130 valence electrons. The molecule has 2 aromatic carbocycles. The molecular formula is C19H18BrNO4. The van der Waals surface area contributed by atoms with E-state index in [9.17, 15) is 9.59 Å². The topological polar surface area (TPSA) is 64.6 Å². The van der Waals surface area contributed by atoms with E-state index in [0.717, 1.165) is 15.7 Å². The standard InChI is InChI=1S/C19H18BrNO4/c1-24-18(23)19(12-11-16(22)25-19)17(13-7-9-14(20)10-8-13)21-15-5-3-2-4-6-15/h2-10,17,21H,11-12H2,1H3/t17-,19-/m0/s1. The molecule has 0 aromatic heterocycles. The summed E-state index contributed by atoms with van der Waals surface area (Å²) in [4.78, 5) is 24.5. The molecule has 0 amide bonds. The Bertz CT molecular complexity index is 763. The first-order chi connectivity index (χ1) is 12.0. The fourth-order valence-electron chi connectivity index (χ4n) is 3.06. The van der Waals surface area contributed by atoms with Gasteiger partial charge in [0, 0.05) is 16.6 Å². The lowest BCUT2D eigenvalue weighted by atomic mass is 9.85. The third-order valence-electron chi connectivity index (χ3n) is 4.28. The highest BCUT2D eigenvalue weighted by Crippen LogP contribution is 2.41. The summed E-state index contributed by atoms with van der Waals surface area (Å²) in [6.45, 7) is 0. The predicted octanol–water partition coefficient (Wildman–Crippen LogP) is 3.85. The monoisotopic (exact) mass is 403 g/mol. The number of halogens is 1. The summed E-state index contributed by atoms with van der Waals surface area (Å²) >= 11 is 3.41. The van der Waals surface area contributed by atoms with Crippen molar-refractivity contribution in [2.45, 2.75) is 24.5 Å². The van der Waals surface area contributed by atoms with E-state index in [1.165, 1.54) is 7.11 Å². The fraction of sp³-hybridized carbons (Fsp3) is 0.263. The number of rotatable bonds is 5. The Kier molecular flexibility index (Phi) is 5.08. The molecule has 5 nitrogen and oxygen atoms in total. The average molecular weight is 404 g/mol. The minimum Gasteiger partial charge on any atom is -0.466 e. The van der Waals surface area contributed by atoms with E-state index < -0.39 is 23.6 Å². The molecule has 0 aliphatic carbocycles. The normalized spacial score (nSPS) is 20.6. The summed E-state index contributed by atoms with van der Waals surface area (Å²) < 4.78 is 11.4. The first-order valence-electron chi connectivity index (χ1n) is 7.92. The molecule has 1 heterocycles. The Hall–Kier alpha value is -2.34. The van der Waals surface area contributed by atoms with Gasteiger partial charge in [0.25, 0.3) is 0 Å². The van der Waals surface area contributed by atoms with Crippen molar-refractivity contribution in [3.63, 3.8) is 0 Å². The number of cyclic esters (lactones) is 1. The van der Waals surface area contributed by atoms with Crippen LogP contribution in [-0.4, -0.2) is 24.6 Å². The van der Waals surface area contributed by atoms with E-state index >= 15 is 0 Å². The molecule has 2 aromatic rings. The predicted molar refractivity (Wildman–Crippen MR) is 97.0 cm³/mol. The second kappa shape index (κ2) is 7.27. The summed E-state index contributed by atoms with van der Waals surface area (Å²) in [6.07, 6.45) is 0.442. The maximum absolute atomic E-state index is 12.6. The number of nitrogens with one attached hydrogen (secondary N) is 1. The van der Waals surface area contributed by atoms with Crippen molar-refractivity contribution in [2.24, 2.45) is 0 Å². The molecule has 0 radical (unpaired) electrons. The van der Waals surface area contributed by atoms with Gasteiger partial charge in [0.1, 0.15) is 6.04 Å². The lowest BCUT2D eigenvalue weighted by Crippen LogP contribution is -2.48. The highest BCUT2D eigenvalue weighted by molar-refractivity contribution is 9.10. The molecule has 1 N–H and O–H groups in total. The zero-order valence-electron chi connectivity index (χ0n) is 13.7. The van der Waals surface area contributed by atoms with Gasteiger partial charge in [-0.05, 0) is 29.8 Å². The van der Waals surface area contributed by atoms with Crippen molar-refractivity contribution >= 4 is 33.6 Å². The Balaban J connectivity index is 2.06. The van der Waals surface area contributed by atoms with Gasteiger partial charge in [-0.3, -0.25) is 4.79 Å². The molecule has 2 atom stereocenters. The number of hydrogen-bond acceptors (Lipinski definition) is 5. The van der Waals surface area contributed by atoms with Crippen LogP contribution in [0.4, 0.5) is 5.69 Å². The number of hydrogen-bond donors (Lipinski definition) is 1. The second-order valence-corrected chi connectivity index (χ2v) is 6.77. The number of esters is 2. The van der Waals surface area contributed by atoms with Crippen LogP contribution in [0.1, 0.15) is 24.4 Å². The fourth-order valence-corrected chi connectivity index (χ4v) is 3.32. The van der Waals surface area contributed by atoms with Crippen molar-refractivity contribution in [3.8, 4) is 0 Å². The zero-order valence-corrected chi connectivity index (χ0v) is 15.3. The number of para-hydroxylation sites is 1. The van der Waals surface area contributed by atoms with Gasteiger partial charge in [0.15, 0.2) is 0 Å². The van der Waals surface area contributed by atoms with Crippen LogP contribution in [0.15, 0.2) is 59.1 Å². The summed E-state index contributed by atoms with van der Waals surface area (Å²) in [5.41, 5.74) is 0.254. The van der Waals surface area contributed by atoms with E-state index in [1.54, 1.807) is 0 Å². The molecule has 6 heteroatoms. The van der Waals surface area contributed by atoms with Crippen LogP contribution < -0.4 is 5.32 Å². The van der Waals surface area contributed by atoms with Gasteiger partial charge in [-0.2, -0.15) is 0 Å². The van der Waals surface area contributed by atoms with Crippen LogP contribution in [0.5, 0.6) is 0 Å². The maximum Gasteiger partial charge on any atom is 0.352 e. The summed E-state index contributed by atoms with van der Waals surface area (Å²) in [6, 6.07) is 16.5. The quantitative estimate of drug-likeness (QED) is 0.767. The molecule has 1 aliphatic heterocycles. The van der Waals surface area contributed by atoms with Crippen molar-refractivity contribution in [1.82, 2.24) is 0 Å². The highest BCUT2D eigenvalue weighted by atomic mass is 79.9. The first-order valence-corrected chi connectivity index (χ1v) is 8.72. The van der Waals surface area contributed by atoms with Crippen molar-refractivity contribution < 1.29 is 19.1 Å². The summed E-state index contributed by atoms with van der Waals surface area (Å²) in [5, 5.41) is 3.34. The van der Waals surface area contributed by atoms with Crippen molar-refractivity contribution in [2.75, 3.05) is 12.4 Å². The van der Waals surface area contributed by atoms with E-state index in [1.807, 2.05) is 54.6 Å². The lowest BCUT2D eigenvalue weighted by molar-refractivity contribution is -0.174. The van der Waals surface area contributed by atoms with Gasteiger partial charge in [-0.25, -0.2) is 4.79 Å². The highest BCUT2D eigenvalue weighted by Gasteiger charge is 2.55. The number of carbonyl (C=O) groups is 2. The SMILES string of the molecule is COC(=O)[C@@]1([C@@H](Nc2ccccc2)c2ccc(Br)cc2)CCC(=O)O1. The Labute approximate surface area is 154 Å². The average Bonchev–Trinajstić information content (AvgIpc) is 3.03. The minimum atomic E-state index is -1.39. The van der Waals surface area contributed by atoms with Crippen LogP contribution in [0.2, 0.25) is 0 Å². The molecule has 3 rings (SSSR count). The number of benzene rings is 2. The molecule has 0 bridgehead atoms. The van der Waals surface area contributed by atoms with Crippen LogP contribution in [-0.2, 0) is 19.1 Å². The maximum atomic E-state index is 12.6. The summed E-state index contributed by atoms with van der Waals surface area (Å²) in [7, 11) is 1.30. The van der Waals surface area contributed by atoms with Crippen molar-refractivity contribution in [3.05, 3.63) is 64.6 Å². The van der Waals surface area contributed by atoms with E-state index in [2.05, 4.69) is 21.2 Å². The van der Waals surface area contributed by atoms with Crippen LogP contribution in [0.25, 0.3) is 0 Å². The van der Waals surface area contributed by atoms with Gasteiger partial charge in [0.05, 0.1) is 13.5 Å². The molecule has 0 unspecified atom stereocenters. The number of methoxy groups -OCH3 is 1. The zero-order chi connectivity index (χ0) is 17.9. The van der Waals surface area contributed by atoms with Gasteiger partial charge in [-0.15, -0.1) is 0 Å². The van der Waals surface area contributed by atoms with Gasteiger partial charge in [-0.1, -0.05) is 46.3 Å².